The second-order valence-electron chi connectivity index (χ2n) is 7.88. The van der Waals surface area contributed by atoms with Crippen LogP contribution in [0.3, 0.4) is 0 Å². The number of hydrogen-bond acceptors (Lipinski definition) is 5. The summed E-state index contributed by atoms with van der Waals surface area (Å²) < 4.78 is 5.52. The monoisotopic (exact) mass is 404 g/mol. The fourth-order valence-electron chi connectivity index (χ4n) is 3.93. The average Bonchev–Trinajstić information content (AvgIpc) is 3.38. The number of rotatable bonds is 5. The van der Waals surface area contributed by atoms with Gasteiger partial charge in [0.2, 0.25) is 17.6 Å². The Labute approximate surface area is 174 Å². The highest BCUT2D eigenvalue weighted by Gasteiger charge is 2.41. The van der Waals surface area contributed by atoms with Gasteiger partial charge in [0, 0.05) is 23.1 Å². The molecule has 1 aliphatic carbocycles. The molecule has 0 spiro atoms. The van der Waals surface area contributed by atoms with E-state index >= 15 is 0 Å². The van der Waals surface area contributed by atoms with Gasteiger partial charge >= 0.3 is 0 Å². The summed E-state index contributed by atoms with van der Waals surface area (Å²) in [6, 6.07) is 14.8. The molecular formula is C23H24N4O3. The van der Waals surface area contributed by atoms with Crippen molar-refractivity contribution in [2.75, 3.05) is 0 Å². The van der Waals surface area contributed by atoms with Crippen LogP contribution in [0.2, 0.25) is 0 Å². The van der Waals surface area contributed by atoms with Gasteiger partial charge < -0.3 is 15.6 Å². The van der Waals surface area contributed by atoms with Gasteiger partial charge in [-0.25, -0.2) is 0 Å². The summed E-state index contributed by atoms with van der Waals surface area (Å²) in [5.74, 6) is -0.322. The summed E-state index contributed by atoms with van der Waals surface area (Å²) in [4.78, 5) is 29.2. The molecule has 3 unspecified atom stereocenters. The Morgan fingerprint density at radius 1 is 1.07 bits per heavy atom. The highest BCUT2D eigenvalue weighted by molar-refractivity contribution is 5.94. The van der Waals surface area contributed by atoms with Crippen LogP contribution >= 0.6 is 0 Å². The van der Waals surface area contributed by atoms with Crippen molar-refractivity contribution in [3.63, 3.8) is 0 Å². The molecule has 154 valence electrons. The number of nitrogens with one attached hydrogen (secondary N) is 1. The molecule has 4 rings (SSSR count). The number of nitrogens with two attached hydrogens (primary N) is 1. The summed E-state index contributed by atoms with van der Waals surface area (Å²) in [6.45, 7) is 3.97. The van der Waals surface area contributed by atoms with E-state index in [1.807, 2.05) is 56.3 Å². The highest BCUT2D eigenvalue weighted by atomic mass is 16.5. The van der Waals surface area contributed by atoms with E-state index in [2.05, 4.69) is 15.5 Å². The summed E-state index contributed by atoms with van der Waals surface area (Å²) in [7, 11) is 0. The minimum Gasteiger partial charge on any atom is -0.369 e. The number of carbonyl (C=O) groups is 2. The molecule has 30 heavy (non-hydrogen) atoms. The second-order valence-corrected chi connectivity index (χ2v) is 7.88. The van der Waals surface area contributed by atoms with E-state index in [0.717, 1.165) is 16.7 Å². The lowest BCUT2D eigenvalue weighted by Gasteiger charge is -2.18. The smallest absolute Gasteiger partial charge is 0.251 e. The van der Waals surface area contributed by atoms with Crippen LogP contribution in [-0.4, -0.2) is 28.0 Å². The van der Waals surface area contributed by atoms with E-state index in [4.69, 9.17) is 10.3 Å². The summed E-state index contributed by atoms with van der Waals surface area (Å²) in [5.41, 5.74) is 9.15. The van der Waals surface area contributed by atoms with Gasteiger partial charge in [0.1, 0.15) is 0 Å². The van der Waals surface area contributed by atoms with Crippen LogP contribution in [0.1, 0.15) is 46.1 Å². The Kier molecular flexibility index (Phi) is 5.35. The van der Waals surface area contributed by atoms with Crippen LogP contribution in [0.5, 0.6) is 0 Å². The first-order valence-corrected chi connectivity index (χ1v) is 9.99. The normalized spacial score (nSPS) is 20.8. The minimum atomic E-state index is -0.384. The quantitative estimate of drug-likeness (QED) is 0.679. The first-order chi connectivity index (χ1) is 14.4. The Bertz CT molecular complexity index is 1080. The SMILES string of the molecule is Cc1ccc(C(=O)NC2CC(C(N)=O)CC2c2nc(-c3ccccc3)no2)cc1C. The number of benzene rings is 2. The maximum Gasteiger partial charge on any atom is 0.251 e. The minimum absolute atomic E-state index is 0.194. The first-order valence-electron chi connectivity index (χ1n) is 9.99. The van der Waals surface area contributed by atoms with Gasteiger partial charge in [0.05, 0.1) is 5.92 Å². The molecule has 0 radical (unpaired) electrons. The molecule has 3 N–H and O–H groups in total. The molecule has 7 nitrogen and oxygen atoms in total. The molecule has 1 aromatic heterocycles. The first kappa shape index (κ1) is 19.8. The summed E-state index contributed by atoms with van der Waals surface area (Å²) >= 11 is 0. The molecule has 1 fully saturated rings. The van der Waals surface area contributed by atoms with Crippen LogP contribution < -0.4 is 11.1 Å². The number of aromatic nitrogens is 2. The van der Waals surface area contributed by atoms with Gasteiger partial charge in [-0.15, -0.1) is 0 Å². The average molecular weight is 404 g/mol. The Hall–Kier alpha value is -3.48. The van der Waals surface area contributed by atoms with Crippen LogP contribution in [0, 0.1) is 19.8 Å². The number of nitrogens with zero attached hydrogens (tertiary/aromatic N) is 2. The third-order valence-corrected chi connectivity index (χ3v) is 5.84. The van der Waals surface area contributed by atoms with Gasteiger partial charge in [-0.1, -0.05) is 41.6 Å². The number of hydrogen-bond donors (Lipinski definition) is 2. The van der Waals surface area contributed by atoms with E-state index in [0.29, 0.717) is 30.1 Å². The topological polar surface area (TPSA) is 111 Å². The molecule has 1 aliphatic rings. The molecular weight excluding hydrogens is 380 g/mol. The van der Waals surface area contributed by atoms with Crippen LogP contribution in [0.15, 0.2) is 53.1 Å². The van der Waals surface area contributed by atoms with Gasteiger partial charge in [-0.2, -0.15) is 4.98 Å². The van der Waals surface area contributed by atoms with Crippen molar-refractivity contribution in [3.05, 3.63) is 71.1 Å². The van der Waals surface area contributed by atoms with Crippen molar-refractivity contribution < 1.29 is 14.1 Å². The fourth-order valence-corrected chi connectivity index (χ4v) is 3.93. The zero-order valence-electron chi connectivity index (χ0n) is 17.0. The largest absolute Gasteiger partial charge is 0.369 e. The molecule has 1 heterocycles. The molecule has 2 amide bonds. The van der Waals surface area contributed by atoms with Crippen LogP contribution in [0.25, 0.3) is 11.4 Å². The van der Waals surface area contributed by atoms with Crippen molar-refractivity contribution >= 4 is 11.8 Å². The zero-order chi connectivity index (χ0) is 21.3. The molecule has 3 atom stereocenters. The van der Waals surface area contributed by atoms with Crippen molar-refractivity contribution in [1.29, 1.82) is 0 Å². The molecule has 1 saturated carbocycles. The molecule has 7 heteroatoms. The van der Waals surface area contributed by atoms with E-state index in [1.54, 1.807) is 6.07 Å². The van der Waals surface area contributed by atoms with Crippen molar-refractivity contribution in [3.8, 4) is 11.4 Å². The van der Waals surface area contributed by atoms with Crippen LogP contribution in [-0.2, 0) is 4.79 Å². The fraction of sp³-hybridized carbons (Fsp3) is 0.304. The summed E-state index contributed by atoms with van der Waals surface area (Å²) in [6.07, 6.45) is 0.906. The predicted molar refractivity (Wildman–Crippen MR) is 112 cm³/mol. The van der Waals surface area contributed by atoms with Gasteiger partial charge in [-0.3, -0.25) is 9.59 Å². The molecule has 2 aromatic carbocycles. The molecule has 3 aromatic rings. The van der Waals surface area contributed by atoms with E-state index < -0.39 is 0 Å². The van der Waals surface area contributed by atoms with Gasteiger partial charge in [-0.05, 0) is 49.9 Å². The molecule has 0 bridgehead atoms. The van der Waals surface area contributed by atoms with E-state index in [1.165, 1.54) is 0 Å². The van der Waals surface area contributed by atoms with Crippen LogP contribution in [0.4, 0.5) is 0 Å². The lowest BCUT2D eigenvalue weighted by molar-refractivity contribution is -0.121. The maximum atomic E-state index is 12.9. The number of carbonyl (C=O) groups excluding carboxylic acids is 2. The van der Waals surface area contributed by atoms with Crippen molar-refractivity contribution in [2.24, 2.45) is 11.7 Å². The Morgan fingerprint density at radius 3 is 2.53 bits per heavy atom. The number of amides is 2. The van der Waals surface area contributed by atoms with Crippen molar-refractivity contribution in [1.82, 2.24) is 15.5 Å². The molecule has 0 saturated heterocycles. The van der Waals surface area contributed by atoms with Gasteiger partial charge in [0.15, 0.2) is 0 Å². The lowest BCUT2D eigenvalue weighted by atomic mass is 10.0. The Morgan fingerprint density at radius 2 is 1.83 bits per heavy atom. The van der Waals surface area contributed by atoms with E-state index in [-0.39, 0.29) is 29.7 Å². The third kappa shape index (κ3) is 3.96. The Balaban J connectivity index is 1.57. The molecule has 0 aliphatic heterocycles. The number of aryl methyl sites for hydroxylation is 2. The maximum absolute atomic E-state index is 12.9. The third-order valence-electron chi connectivity index (χ3n) is 5.84. The van der Waals surface area contributed by atoms with Gasteiger partial charge in [0.25, 0.3) is 5.91 Å². The number of primary amides is 1. The van der Waals surface area contributed by atoms with E-state index in [9.17, 15) is 9.59 Å². The van der Waals surface area contributed by atoms with Crippen molar-refractivity contribution in [2.45, 2.75) is 38.6 Å². The highest BCUT2D eigenvalue weighted by Crippen LogP contribution is 2.38. The summed E-state index contributed by atoms with van der Waals surface area (Å²) in [5, 5.41) is 7.13. The standard InChI is InChI=1S/C23H24N4O3/c1-13-8-9-16(10-14(13)2)22(29)25-19-12-17(20(24)28)11-18(19)23-26-21(27-30-23)15-6-4-3-5-7-15/h3-10,17-19H,11-12H2,1-2H3,(H2,24,28)(H,25,29). The predicted octanol–water partition coefficient (Wildman–Crippen LogP) is 3.13. The lowest BCUT2D eigenvalue weighted by Crippen LogP contribution is -2.37. The second kappa shape index (κ2) is 8.10. The zero-order valence-corrected chi connectivity index (χ0v) is 17.0.